The topological polar surface area (TPSA) is 80.7 Å². The maximum Gasteiger partial charge on any atom is 0.347 e. The zero-order chi connectivity index (χ0) is 20.1. The maximum absolute atomic E-state index is 11.1. The average Bonchev–Trinajstić information content (AvgIpc) is 3.07. The number of nitrogens with zero attached hydrogens (tertiary/aromatic N) is 1. The Kier molecular flexibility index (Phi) is 6.16. The molecule has 0 saturated carbocycles. The number of rotatable bonds is 8. The molecule has 0 saturated heterocycles. The standard InChI is InChI=1S/C21H22N2O4S/c1-13-4-6-15(7-5-13)12-27-17-9-8-16(10-18(17)26-3)11-22-21-23-14(2)19(28-21)20(24)25/h4-10H,11-12H2,1-3H3,(H,22,23)(H,24,25). The molecule has 0 radical (unpaired) electrons. The number of carboxylic acids is 1. The van der Waals surface area contributed by atoms with Crippen molar-refractivity contribution in [3.8, 4) is 11.5 Å². The van der Waals surface area contributed by atoms with Crippen molar-refractivity contribution in [3.05, 3.63) is 69.7 Å². The van der Waals surface area contributed by atoms with Gasteiger partial charge in [-0.3, -0.25) is 0 Å². The van der Waals surface area contributed by atoms with E-state index in [1.165, 1.54) is 5.56 Å². The van der Waals surface area contributed by atoms with Gasteiger partial charge in [0.05, 0.1) is 12.8 Å². The van der Waals surface area contributed by atoms with Crippen molar-refractivity contribution in [2.45, 2.75) is 27.0 Å². The van der Waals surface area contributed by atoms with Gasteiger partial charge in [0.15, 0.2) is 16.6 Å². The Labute approximate surface area is 167 Å². The van der Waals surface area contributed by atoms with Crippen molar-refractivity contribution in [1.82, 2.24) is 4.98 Å². The normalized spacial score (nSPS) is 10.5. The minimum atomic E-state index is -0.959. The van der Waals surface area contributed by atoms with Gasteiger partial charge in [0.25, 0.3) is 0 Å². The molecule has 0 aliphatic heterocycles. The van der Waals surface area contributed by atoms with Crippen LogP contribution in [0.15, 0.2) is 42.5 Å². The zero-order valence-electron chi connectivity index (χ0n) is 16.0. The molecule has 28 heavy (non-hydrogen) atoms. The molecule has 0 spiro atoms. The lowest BCUT2D eigenvalue weighted by atomic mass is 10.1. The molecule has 0 fully saturated rings. The van der Waals surface area contributed by atoms with Crippen molar-refractivity contribution >= 4 is 22.4 Å². The summed E-state index contributed by atoms with van der Waals surface area (Å²) in [6.07, 6.45) is 0. The number of thiazole rings is 1. The lowest BCUT2D eigenvalue weighted by Crippen LogP contribution is -2.01. The van der Waals surface area contributed by atoms with Gasteiger partial charge in [0.1, 0.15) is 11.5 Å². The van der Waals surface area contributed by atoms with Crippen LogP contribution in [-0.4, -0.2) is 23.2 Å². The summed E-state index contributed by atoms with van der Waals surface area (Å²) in [6, 6.07) is 13.9. The lowest BCUT2D eigenvalue weighted by Gasteiger charge is -2.13. The third-order valence-corrected chi connectivity index (χ3v) is 5.28. The monoisotopic (exact) mass is 398 g/mol. The van der Waals surface area contributed by atoms with Crippen molar-refractivity contribution < 1.29 is 19.4 Å². The number of carbonyl (C=O) groups is 1. The van der Waals surface area contributed by atoms with Crippen molar-refractivity contribution in [2.75, 3.05) is 12.4 Å². The van der Waals surface area contributed by atoms with Crippen LogP contribution in [0.5, 0.6) is 11.5 Å². The van der Waals surface area contributed by atoms with E-state index < -0.39 is 5.97 Å². The Morgan fingerprint density at radius 1 is 1.11 bits per heavy atom. The van der Waals surface area contributed by atoms with Crippen LogP contribution in [0.1, 0.15) is 32.1 Å². The Hall–Kier alpha value is -3.06. The molecular formula is C21H22N2O4S. The molecule has 0 amide bonds. The van der Waals surface area contributed by atoms with Crippen LogP contribution in [0.3, 0.4) is 0 Å². The molecule has 1 aromatic heterocycles. The zero-order valence-corrected chi connectivity index (χ0v) is 16.8. The molecule has 1 heterocycles. The van der Waals surface area contributed by atoms with Gasteiger partial charge in [0, 0.05) is 6.54 Å². The van der Waals surface area contributed by atoms with Crippen LogP contribution in [-0.2, 0) is 13.2 Å². The average molecular weight is 398 g/mol. The molecule has 6 nitrogen and oxygen atoms in total. The first-order valence-corrected chi connectivity index (χ1v) is 9.57. The van der Waals surface area contributed by atoms with E-state index in [0.29, 0.717) is 35.5 Å². The second-order valence-electron chi connectivity index (χ2n) is 6.35. The van der Waals surface area contributed by atoms with Crippen LogP contribution < -0.4 is 14.8 Å². The minimum Gasteiger partial charge on any atom is -0.493 e. The first-order chi connectivity index (χ1) is 13.5. The maximum atomic E-state index is 11.1. The number of hydrogen-bond acceptors (Lipinski definition) is 6. The van der Waals surface area contributed by atoms with Crippen LogP contribution in [0, 0.1) is 13.8 Å². The summed E-state index contributed by atoms with van der Waals surface area (Å²) >= 11 is 1.13. The van der Waals surface area contributed by atoms with E-state index in [2.05, 4.69) is 29.4 Å². The molecule has 0 atom stereocenters. The van der Waals surface area contributed by atoms with Gasteiger partial charge in [-0.05, 0) is 37.1 Å². The summed E-state index contributed by atoms with van der Waals surface area (Å²) in [6.45, 7) is 4.70. The number of anilines is 1. The molecule has 3 aromatic rings. The highest BCUT2D eigenvalue weighted by atomic mass is 32.1. The number of ether oxygens (including phenoxy) is 2. The van der Waals surface area contributed by atoms with Crippen molar-refractivity contribution in [2.24, 2.45) is 0 Å². The number of methoxy groups -OCH3 is 1. The third kappa shape index (κ3) is 4.80. The Morgan fingerprint density at radius 2 is 1.82 bits per heavy atom. The molecule has 0 aliphatic rings. The van der Waals surface area contributed by atoms with Gasteiger partial charge >= 0.3 is 5.97 Å². The van der Waals surface area contributed by atoms with Crippen molar-refractivity contribution in [3.63, 3.8) is 0 Å². The first-order valence-electron chi connectivity index (χ1n) is 8.76. The molecule has 0 aliphatic carbocycles. The highest BCUT2D eigenvalue weighted by molar-refractivity contribution is 7.17. The van der Waals surface area contributed by atoms with E-state index in [1.54, 1.807) is 14.0 Å². The van der Waals surface area contributed by atoms with Gasteiger partial charge in [0.2, 0.25) is 0 Å². The van der Waals surface area contributed by atoms with E-state index in [0.717, 1.165) is 22.5 Å². The van der Waals surface area contributed by atoms with E-state index >= 15 is 0 Å². The summed E-state index contributed by atoms with van der Waals surface area (Å²) in [5.41, 5.74) is 3.79. The molecule has 7 heteroatoms. The number of hydrogen-bond donors (Lipinski definition) is 2. The third-order valence-electron chi connectivity index (χ3n) is 4.18. The molecule has 0 bridgehead atoms. The number of benzene rings is 2. The molecule has 2 N–H and O–H groups in total. The predicted octanol–water partition coefficient (Wildman–Crippen LogP) is 4.66. The first kappa shape index (κ1) is 19.7. The van der Waals surface area contributed by atoms with Crippen LogP contribution >= 0.6 is 11.3 Å². The Morgan fingerprint density at radius 3 is 2.46 bits per heavy atom. The quantitative estimate of drug-likeness (QED) is 0.574. The number of aromatic nitrogens is 1. The summed E-state index contributed by atoms with van der Waals surface area (Å²) in [5.74, 6) is 0.359. The summed E-state index contributed by atoms with van der Waals surface area (Å²) in [5, 5.41) is 12.9. The van der Waals surface area contributed by atoms with Gasteiger partial charge in [-0.2, -0.15) is 0 Å². The van der Waals surface area contributed by atoms with Crippen molar-refractivity contribution in [1.29, 1.82) is 0 Å². The Bertz CT molecular complexity index is 967. The molecule has 146 valence electrons. The number of aryl methyl sites for hydroxylation is 2. The Balaban J connectivity index is 1.64. The van der Waals surface area contributed by atoms with Crippen LogP contribution in [0.4, 0.5) is 5.13 Å². The number of aromatic carboxylic acids is 1. The minimum absolute atomic E-state index is 0.250. The van der Waals surface area contributed by atoms with E-state index in [9.17, 15) is 4.79 Å². The van der Waals surface area contributed by atoms with E-state index in [-0.39, 0.29) is 4.88 Å². The molecule has 0 unspecified atom stereocenters. The summed E-state index contributed by atoms with van der Waals surface area (Å²) in [7, 11) is 1.61. The second-order valence-corrected chi connectivity index (χ2v) is 7.35. The van der Waals surface area contributed by atoms with Crippen LogP contribution in [0.2, 0.25) is 0 Å². The highest BCUT2D eigenvalue weighted by Crippen LogP contribution is 2.30. The number of carboxylic acid groups (broad SMARTS) is 1. The smallest absolute Gasteiger partial charge is 0.347 e. The molecule has 2 aromatic carbocycles. The fraction of sp³-hybridized carbons (Fsp3) is 0.238. The van der Waals surface area contributed by atoms with E-state index in [4.69, 9.17) is 14.6 Å². The molecule has 3 rings (SSSR count). The highest BCUT2D eigenvalue weighted by Gasteiger charge is 2.14. The van der Waals surface area contributed by atoms with Gasteiger partial charge in [-0.25, -0.2) is 9.78 Å². The van der Waals surface area contributed by atoms with E-state index in [1.807, 2.05) is 30.3 Å². The van der Waals surface area contributed by atoms with Gasteiger partial charge in [-0.15, -0.1) is 0 Å². The van der Waals surface area contributed by atoms with Crippen LogP contribution in [0.25, 0.3) is 0 Å². The lowest BCUT2D eigenvalue weighted by molar-refractivity contribution is 0.0701. The fourth-order valence-corrected chi connectivity index (χ4v) is 3.44. The summed E-state index contributed by atoms with van der Waals surface area (Å²) < 4.78 is 11.4. The predicted molar refractivity (Wildman–Crippen MR) is 110 cm³/mol. The van der Waals surface area contributed by atoms with Gasteiger partial charge in [-0.1, -0.05) is 47.2 Å². The van der Waals surface area contributed by atoms with Gasteiger partial charge < -0.3 is 19.9 Å². The molecular weight excluding hydrogens is 376 g/mol. The fourth-order valence-electron chi connectivity index (χ4n) is 2.63. The SMILES string of the molecule is COc1cc(CNc2nc(C)c(C(=O)O)s2)ccc1OCc1ccc(C)cc1. The largest absolute Gasteiger partial charge is 0.493 e. The number of nitrogens with one attached hydrogen (secondary N) is 1. The second kappa shape index (κ2) is 8.75. The summed E-state index contributed by atoms with van der Waals surface area (Å²) in [4.78, 5) is 15.6.